The first-order valence-corrected chi connectivity index (χ1v) is 7.19. The lowest BCUT2D eigenvalue weighted by atomic mass is 9.85. The molecule has 0 bridgehead atoms. The molecule has 0 saturated heterocycles. The van der Waals surface area contributed by atoms with Gasteiger partial charge in [-0.1, -0.05) is 20.3 Å². The van der Waals surface area contributed by atoms with E-state index < -0.39 is 0 Å². The maximum Gasteiger partial charge on any atom is 0.0638 e. The molecule has 1 aromatic rings. The molecule has 1 saturated carbocycles. The standard InChI is InChI=1S/C15H27N3/c1-12-13(11-18(4)17-12)10-16-14-6-5-8-15(2,3)9-7-14/h11,14,16H,5-10H2,1-4H3. The van der Waals surface area contributed by atoms with Gasteiger partial charge in [-0.2, -0.15) is 5.10 Å². The molecule has 1 heterocycles. The molecule has 1 aliphatic carbocycles. The van der Waals surface area contributed by atoms with E-state index >= 15 is 0 Å². The van der Waals surface area contributed by atoms with Crippen LogP contribution in [0.1, 0.15) is 57.2 Å². The van der Waals surface area contributed by atoms with Crippen LogP contribution in [-0.2, 0) is 13.6 Å². The molecule has 18 heavy (non-hydrogen) atoms. The Balaban J connectivity index is 1.85. The monoisotopic (exact) mass is 249 g/mol. The maximum atomic E-state index is 4.39. The van der Waals surface area contributed by atoms with E-state index in [9.17, 15) is 0 Å². The summed E-state index contributed by atoms with van der Waals surface area (Å²) >= 11 is 0. The summed E-state index contributed by atoms with van der Waals surface area (Å²) in [6, 6.07) is 0.686. The molecule has 2 rings (SSSR count). The van der Waals surface area contributed by atoms with Crippen LogP contribution in [0.3, 0.4) is 0 Å². The fourth-order valence-corrected chi connectivity index (χ4v) is 2.94. The van der Waals surface area contributed by atoms with Crippen molar-refractivity contribution in [1.82, 2.24) is 15.1 Å². The highest BCUT2D eigenvalue weighted by molar-refractivity contribution is 5.14. The SMILES string of the molecule is Cc1nn(C)cc1CNC1CCCC(C)(C)CC1. The summed E-state index contributed by atoms with van der Waals surface area (Å²) in [6.45, 7) is 7.86. The van der Waals surface area contributed by atoms with Gasteiger partial charge in [-0.05, 0) is 38.0 Å². The van der Waals surface area contributed by atoms with E-state index in [1.807, 2.05) is 11.7 Å². The number of nitrogens with one attached hydrogen (secondary N) is 1. The number of aromatic nitrogens is 2. The van der Waals surface area contributed by atoms with Crippen molar-refractivity contribution in [2.45, 2.75) is 65.5 Å². The third kappa shape index (κ3) is 3.58. The average molecular weight is 249 g/mol. The second-order valence-corrected chi connectivity index (χ2v) is 6.59. The van der Waals surface area contributed by atoms with Gasteiger partial charge >= 0.3 is 0 Å². The molecular formula is C15H27N3. The molecule has 1 aliphatic rings. The highest BCUT2D eigenvalue weighted by atomic mass is 15.2. The van der Waals surface area contributed by atoms with Crippen LogP contribution in [0.25, 0.3) is 0 Å². The second kappa shape index (κ2) is 5.43. The summed E-state index contributed by atoms with van der Waals surface area (Å²) in [5.74, 6) is 0. The van der Waals surface area contributed by atoms with Crippen molar-refractivity contribution >= 4 is 0 Å². The van der Waals surface area contributed by atoms with Gasteiger partial charge < -0.3 is 5.32 Å². The van der Waals surface area contributed by atoms with Gasteiger partial charge in [0.25, 0.3) is 0 Å². The summed E-state index contributed by atoms with van der Waals surface area (Å²) < 4.78 is 1.91. The van der Waals surface area contributed by atoms with Crippen molar-refractivity contribution in [2.24, 2.45) is 12.5 Å². The zero-order valence-electron chi connectivity index (χ0n) is 12.3. The van der Waals surface area contributed by atoms with E-state index in [2.05, 4.69) is 37.4 Å². The van der Waals surface area contributed by atoms with Crippen LogP contribution >= 0.6 is 0 Å². The lowest BCUT2D eigenvalue weighted by Crippen LogP contribution is -2.28. The van der Waals surface area contributed by atoms with Gasteiger partial charge in [0.15, 0.2) is 0 Å². The minimum atomic E-state index is 0.542. The molecule has 1 aromatic heterocycles. The Morgan fingerprint density at radius 3 is 2.83 bits per heavy atom. The van der Waals surface area contributed by atoms with Gasteiger partial charge in [0.05, 0.1) is 5.69 Å². The van der Waals surface area contributed by atoms with Gasteiger partial charge in [-0.15, -0.1) is 0 Å². The molecule has 0 spiro atoms. The van der Waals surface area contributed by atoms with Crippen LogP contribution in [0, 0.1) is 12.3 Å². The van der Waals surface area contributed by atoms with Crippen LogP contribution in [0.2, 0.25) is 0 Å². The highest BCUT2D eigenvalue weighted by Crippen LogP contribution is 2.33. The summed E-state index contributed by atoms with van der Waals surface area (Å²) in [5, 5.41) is 8.11. The van der Waals surface area contributed by atoms with E-state index in [1.54, 1.807) is 0 Å². The minimum absolute atomic E-state index is 0.542. The summed E-state index contributed by atoms with van der Waals surface area (Å²) in [5.41, 5.74) is 3.03. The molecule has 1 atom stereocenters. The van der Waals surface area contributed by atoms with E-state index in [0.717, 1.165) is 12.2 Å². The zero-order valence-corrected chi connectivity index (χ0v) is 12.3. The molecule has 3 nitrogen and oxygen atoms in total. The Morgan fingerprint density at radius 2 is 2.17 bits per heavy atom. The van der Waals surface area contributed by atoms with E-state index in [1.165, 1.54) is 37.7 Å². The second-order valence-electron chi connectivity index (χ2n) is 6.59. The van der Waals surface area contributed by atoms with Crippen LogP contribution in [0.4, 0.5) is 0 Å². The summed E-state index contributed by atoms with van der Waals surface area (Å²) in [4.78, 5) is 0. The molecule has 1 N–H and O–H groups in total. The Bertz CT molecular complexity index is 392. The Morgan fingerprint density at radius 1 is 1.39 bits per heavy atom. The fraction of sp³-hybridized carbons (Fsp3) is 0.800. The highest BCUT2D eigenvalue weighted by Gasteiger charge is 2.24. The number of aryl methyl sites for hydroxylation is 2. The summed E-state index contributed by atoms with van der Waals surface area (Å²) in [7, 11) is 1.99. The first kappa shape index (κ1) is 13.6. The summed E-state index contributed by atoms with van der Waals surface area (Å²) in [6.07, 6.45) is 8.84. The Hall–Kier alpha value is -0.830. The van der Waals surface area contributed by atoms with Crippen molar-refractivity contribution in [3.05, 3.63) is 17.5 Å². The van der Waals surface area contributed by atoms with Crippen molar-refractivity contribution in [3.63, 3.8) is 0 Å². The average Bonchev–Trinajstić information content (AvgIpc) is 2.49. The molecule has 0 aromatic carbocycles. The van der Waals surface area contributed by atoms with Crippen molar-refractivity contribution in [3.8, 4) is 0 Å². The number of nitrogens with zero attached hydrogens (tertiary/aromatic N) is 2. The lowest BCUT2D eigenvalue weighted by Gasteiger charge is -2.22. The molecule has 102 valence electrons. The largest absolute Gasteiger partial charge is 0.310 e. The first-order chi connectivity index (χ1) is 8.46. The van der Waals surface area contributed by atoms with E-state index in [4.69, 9.17) is 0 Å². The number of hydrogen-bond acceptors (Lipinski definition) is 2. The third-order valence-corrected chi connectivity index (χ3v) is 4.27. The van der Waals surface area contributed by atoms with Crippen LogP contribution < -0.4 is 5.32 Å². The maximum absolute atomic E-state index is 4.39. The molecule has 0 radical (unpaired) electrons. The van der Waals surface area contributed by atoms with Crippen LogP contribution in [-0.4, -0.2) is 15.8 Å². The molecule has 0 amide bonds. The normalized spacial score (nSPS) is 23.9. The Labute approximate surface area is 111 Å². The van der Waals surface area contributed by atoms with Crippen molar-refractivity contribution in [1.29, 1.82) is 0 Å². The number of hydrogen-bond donors (Lipinski definition) is 1. The van der Waals surface area contributed by atoms with E-state index in [0.29, 0.717) is 11.5 Å². The van der Waals surface area contributed by atoms with Gasteiger partial charge in [-0.25, -0.2) is 0 Å². The molecule has 1 fully saturated rings. The van der Waals surface area contributed by atoms with Gasteiger partial charge in [0, 0.05) is 31.4 Å². The van der Waals surface area contributed by atoms with E-state index in [-0.39, 0.29) is 0 Å². The topological polar surface area (TPSA) is 29.9 Å². The van der Waals surface area contributed by atoms with Gasteiger partial charge in [0.1, 0.15) is 0 Å². The molecule has 0 aliphatic heterocycles. The number of rotatable bonds is 3. The molecule has 1 unspecified atom stereocenters. The van der Waals surface area contributed by atoms with Crippen molar-refractivity contribution < 1.29 is 0 Å². The third-order valence-electron chi connectivity index (χ3n) is 4.27. The molecule has 3 heteroatoms. The van der Waals surface area contributed by atoms with Crippen LogP contribution in [0.15, 0.2) is 6.20 Å². The predicted molar refractivity (Wildman–Crippen MR) is 75.4 cm³/mol. The molecular weight excluding hydrogens is 222 g/mol. The fourth-order valence-electron chi connectivity index (χ4n) is 2.94. The quantitative estimate of drug-likeness (QED) is 0.834. The van der Waals surface area contributed by atoms with Crippen LogP contribution in [0.5, 0.6) is 0 Å². The Kier molecular flexibility index (Phi) is 4.10. The minimum Gasteiger partial charge on any atom is -0.310 e. The zero-order chi connectivity index (χ0) is 13.2. The first-order valence-electron chi connectivity index (χ1n) is 7.19. The van der Waals surface area contributed by atoms with Gasteiger partial charge in [-0.3, -0.25) is 4.68 Å². The smallest absolute Gasteiger partial charge is 0.0638 e. The lowest BCUT2D eigenvalue weighted by molar-refractivity contribution is 0.309. The van der Waals surface area contributed by atoms with Gasteiger partial charge in [0.2, 0.25) is 0 Å². The van der Waals surface area contributed by atoms with Crippen molar-refractivity contribution in [2.75, 3.05) is 0 Å². The predicted octanol–water partition coefficient (Wildman–Crippen LogP) is 3.18.